The maximum absolute atomic E-state index is 17.3. The lowest BCUT2D eigenvalue weighted by atomic mass is 9.44. The molecule has 0 radical (unpaired) electrons. The Kier molecular flexibility index (Phi) is 6.65. The molecule has 0 unspecified atom stereocenters. The van der Waals surface area contributed by atoms with E-state index in [-0.39, 0.29) is 31.3 Å². The van der Waals surface area contributed by atoms with E-state index in [9.17, 15) is 27.9 Å². The fraction of sp³-hybridized carbons (Fsp3) is 0.731. The lowest BCUT2D eigenvalue weighted by Crippen LogP contribution is -2.71. The van der Waals surface area contributed by atoms with Crippen LogP contribution in [-0.4, -0.2) is 67.5 Å². The summed E-state index contributed by atoms with van der Waals surface area (Å²) >= 11 is 0. The lowest BCUT2D eigenvalue weighted by molar-refractivity contribution is -0.231. The van der Waals surface area contributed by atoms with Gasteiger partial charge in [0.1, 0.15) is 12.8 Å². The first-order valence-corrected chi connectivity index (χ1v) is 14.4. The minimum Gasteiger partial charge on any atom is -0.450 e. The van der Waals surface area contributed by atoms with Crippen LogP contribution in [0.5, 0.6) is 0 Å². The van der Waals surface area contributed by atoms with Gasteiger partial charge in [-0.2, -0.15) is 8.42 Å². The Morgan fingerprint density at radius 2 is 1.86 bits per heavy atom. The number of halogens is 2. The van der Waals surface area contributed by atoms with Crippen LogP contribution in [0.25, 0.3) is 0 Å². The number of fused-ring (bicyclic) bond motifs is 5. The van der Waals surface area contributed by atoms with Crippen LogP contribution in [0.15, 0.2) is 23.8 Å². The maximum Gasteiger partial charge on any atom is 0.306 e. The predicted octanol–water partition coefficient (Wildman–Crippen LogP) is 2.79. The van der Waals surface area contributed by atoms with Gasteiger partial charge >= 0.3 is 5.97 Å². The molecule has 3 saturated carbocycles. The number of carbonyl (C=O) groups is 3. The third-order valence-corrected chi connectivity index (χ3v) is 10.1. The van der Waals surface area contributed by atoms with E-state index in [1.807, 2.05) is 0 Å². The van der Waals surface area contributed by atoms with Gasteiger partial charge in [-0.3, -0.25) is 18.6 Å². The zero-order valence-corrected chi connectivity index (χ0v) is 22.4. The molecule has 0 saturated heterocycles. The van der Waals surface area contributed by atoms with Crippen LogP contribution in [0.3, 0.4) is 0 Å². The van der Waals surface area contributed by atoms with Gasteiger partial charge in [-0.05, 0) is 49.8 Å². The molecule has 4 aliphatic rings. The second-order valence-corrected chi connectivity index (χ2v) is 13.1. The molecule has 0 aliphatic heterocycles. The Hall–Kier alpha value is -1.98. The topological polar surface area (TPSA) is 124 Å². The number of hydrogen-bond acceptors (Lipinski definition) is 8. The van der Waals surface area contributed by atoms with Crippen molar-refractivity contribution in [3.8, 4) is 0 Å². The molecule has 206 valence electrons. The fourth-order valence-electron chi connectivity index (χ4n) is 7.91. The van der Waals surface area contributed by atoms with Crippen LogP contribution < -0.4 is 0 Å². The average Bonchev–Trinajstić information content (AvgIpc) is 3.02. The molecule has 0 spiro atoms. The van der Waals surface area contributed by atoms with E-state index in [4.69, 9.17) is 8.92 Å². The molecule has 4 rings (SSSR count). The Labute approximate surface area is 215 Å². The molecule has 11 heteroatoms. The van der Waals surface area contributed by atoms with Gasteiger partial charge in [-0.1, -0.05) is 26.8 Å². The molecule has 0 amide bonds. The van der Waals surface area contributed by atoms with E-state index < -0.39 is 86.4 Å². The fourth-order valence-corrected chi connectivity index (χ4v) is 8.23. The van der Waals surface area contributed by atoms with Crippen molar-refractivity contribution in [3.05, 3.63) is 23.8 Å². The first-order chi connectivity index (χ1) is 17.0. The van der Waals surface area contributed by atoms with Crippen LogP contribution in [0.4, 0.5) is 8.78 Å². The van der Waals surface area contributed by atoms with Crippen LogP contribution in [-0.2, 0) is 33.4 Å². The number of ketones is 2. The van der Waals surface area contributed by atoms with E-state index in [1.165, 1.54) is 26.0 Å². The highest BCUT2D eigenvalue weighted by Gasteiger charge is 2.78. The zero-order chi connectivity index (χ0) is 27.8. The summed E-state index contributed by atoms with van der Waals surface area (Å²) in [5.74, 6) is -4.46. The number of hydrogen-bond donors (Lipinski definition) is 1. The van der Waals surface area contributed by atoms with Crippen molar-refractivity contribution in [2.45, 2.75) is 76.9 Å². The molecule has 3 fully saturated rings. The third-order valence-electron chi connectivity index (χ3n) is 9.55. The van der Waals surface area contributed by atoms with Gasteiger partial charge in [0.25, 0.3) is 10.1 Å². The van der Waals surface area contributed by atoms with Gasteiger partial charge in [-0.25, -0.2) is 8.78 Å². The summed E-state index contributed by atoms with van der Waals surface area (Å²) in [5, 5.41) is 11.5. The number of alkyl halides is 2. The molecule has 4 aliphatic carbocycles. The summed E-state index contributed by atoms with van der Waals surface area (Å²) in [6.45, 7) is 5.38. The Morgan fingerprint density at radius 3 is 2.46 bits per heavy atom. The summed E-state index contributed by atoms with van der Waals surface area (Å²) in [4.78, 5) is 38.3. The maximum atomic E-state index is 17.3. The molecule has 0 heterocycles. The van der Waals surface area contributed by atoms with Gasteiger partial charge in [0, 0.05) is 29.1 Å². The molecule has 0 aromatic rings. The first kappa shape index (κ1) is 28.0. The Bertz CT molecular complexity index is 1200. The minimum absolute atomic E-state index is 0.0197. The Morgan fingerprint density at radius 1 is 1.22 bits per heavy atom. The molecule has 0 bridgehead atoms. The van der Waals surface area contributed by atoms with E-state index in [0.29, 0.717) is 0 Å². The molecule has 37 heavy (non-hydrogen) atoms. The van der Waals surface area contributed by atoms with Crippen LogP contribution in [0.2, 0.25) is 0 Å². The summed E-state index contributed by atoms with van der Waals surface area (Å²) in [6, 6.07) is 0. The number of Topliss-reactive ketones (excluding diaryl/α,β-unsaturated/α-hetero) is 1. The summed E-state index contributed by atoms with van der Waals surface area (Å²) in [6.07, 6.45) is 0.485. The summed E-state index contributed by atoms with van der Waals surface area (Å²) in [7, 11) is -4.01. The van der Waals surface area contributed by atoms with Gasteiger partial charge in [0.05, 0.1) is 12.4 Å². The van der Waals surface area contributed by atoms with Crippen molar-refractivity contribution in [2.75, 3.05) is 12.9 Å². The second kappa shape index (κ2) is 8.77. The van der Waals surface area contributed by atoms with Crippen molar-refractivity contribution >= 4 is 27.7 Å². The standard InChI is InChI=1S/C26H34F2O8S/c1-6-22(32)36-26(21(31)13-35-37(5,33)34)14(2)9-16-17-11-19(27)18-10-15(29)7-8-23(18,3)25(17,28)20(30)12-24(16,26)4/h7-8,10,14,16-17,19-20,30H,6,9,11-13H2,1-5H3/t14-,16+,17+,19+,20+,23+,24+,25+,26+/m1/s1. The van der Waals surface area contributed by atoms with Gasteiger partial charge in [0.15, 0.2) is 17.1 Å². The van der Waals surface area contributed by atoms with Crippen molar-refractivity contribution in [1.82, 2.24) is 0 Å². The lowest BCUT2D eigenvalue weighted by Gasteiger charge is -2.63. The SMILES string of the molecule is CCC(=O)O[C@]1(C(=O)COS(C)(=O)=O)[C@H](C)C[C@H]2[C@@H]3C[C@H](F)C4=CC(=O)C=C[C@]4(C)[C@@]3(F)[C@@H](O)C[C@@]21C. The minimum atomic E-state index is -4.01. The predicted molar refractivity (Wildman–Crippen MR) is 128 cm³/mol. The van der Waals surface area contributed by atoms with Crippen LogP contribution in [0, 0.1) is 28.6 Å². The number of aliphatic hydroxyl groups is 1. The smallest absolute Gasteiger partial charge is 0.306 e. The molecule has 8 nitrogen and oxygen atoms in total. The largest absolute Gasteiger partial charge is 0.450 e. The zero-order valence-electron chi connectivity index (χ0n) is 21.6. The van der Waals surface area contributed by atoms with Gasteiger partial charge < -0.3 is 9.84 Å². The summed E-state index contributed by atoms with van der Waals surface area (Å²) < 4.78 is 66.8. The molecule has 1 N–H and O–H groups in total. The van der Waals surface area contributed by atoms with E-state index >= 15 is 8.78 Å². The first-order valence-electron chi connectivity index (χ1n) is 12.5. The molecular weight excluding hydrogens is 510 g/mol. The van der Waals surface area contributed by atoms with Crippen molar-refractivity contribution in [2.24, 2.45) is 28.6 Å². The number of esters is 1. The monoisotopic (exact) mass is 544 g/mol. The number of rotatable bonds is 6. The summed E-state index contributed by atoms with van der Waals surface area (Å²) in [5.41, 5.74) is -7.24. The van der Waals surface area contributed by atoms with Crippen molar-refractivity contribution < 1.29 is 45.6 Å². The number of allylic oxidation sites excluding steroid dienone is 4. The Balaban J connectivity index is 1.85. The van der Waals surface area contributed by atoms with Gasteiger partial charge in [-0.15, -0.1) is 0 Å². The third kappa shape index (κ3) is 3.78. The molecular formula is C26H34F2O8S. The normalized spacial score (nSPS) is 44.9. The number of ether oxygens (including phenoxy) is 1. The molecule has 9 atom stereocenters. The van der Waals surface area contributed by atoms with Crippen molar-refractivity contribution in [3.63, 3.8) is 0 Å². The van der Waals surface area contributed by atoms with E-state index in [0.717, 1.165) is 12.3 Å². The van der Waals surface area contributed by atoms with E-state index in [1.54, 1.807) is 13.8 Å². The quantitative estimate of drug-likeness (QED) is 0.400. The number of carbonyl (C=O) groups excluding carboxylic acids is 3. The van der Waals surface area contributed by atoms with Crippen LogP contribution >= 0.6 is 0 Å². The highest BCUT2D eigenvalue weighted by molar-refractivity contribution is 7.86. The second-order valence-electron chi connectivity index (χ2n) is 11.4. The molecule has 0 aromatic carbocycles. The van der Waals surface area contributed by atoms with E-state index in [2.05, 4.69) is 0 Å². The van der Waals surface area contributed by atoms with Crippen LogP contribution in [0.1, 0.15) is 53.4 Å². The van der Waals surface area contributed by atoms with Gasteiger partial charge in [0.2, 0.25) is 5.78 Å². The van der Waals surface area contributed by atoms with Crippen molar-refractivity contribution in [1.29, 1.82) is 0 Å². The highest BCUT2D eigenvalue weighted by Crippen LogP contribution is 2.71. The molecule has 0 aromatic heterocycles. The number of aliphatic hydroxyl groups excluding tert-OH is 1. The highest BCUT2D eigenvalue weighted by atomic mass is 32.2. The average molecular weight is 545 g/mol.